The fourth-order valence-corrected chi connectivity index (χ4v) is 3.95. The Labute approximate surface area is 162 Å². The van der Waals surface area contributed by atoms with Gasteiger partial charge in [-0.15, -0.1) is 24.0 Å². The van der Waals surface area contributed by atoms with Crippen molar-refractivity contribution in [2.24, 2.45) is 4.99 Å². The van der Waals surface area contributed by atoms with Crippen molar-refractivity contribution >= 4 is 41.3 Å². The van der Waals surface area contributed by atoms with Crippen molar-refractivity contribution in [3.05, 3.63) is 22.4 Å². The summed E-state index contributed by atoms with van der Waals surface area (Å²) in [6.45, 7) is 7.48. The van der Waals surface area contributed by atoms with E-state index in [-0.39, 0.29) is 24.0 Å². The maximum atomic E-state index is 4.39. The van der Waals surface area contributed by atoms with Crippen molar-refractivity contribution in [1.82, 2.24) is 15.5 Å². The summed E-state index contributed by atoms with van der Waals surface area (Å²) in [6, 6.07) is 3.24. The zero-order valence-electron chi connectivity index (χ0n) is 14.5. The van der Waals surface area contributed by atoms with Crippen LogP contribution in [-0.2, 0) is 0 Å². The van der Waals surface area contributed by atoms with E-state index >= 15 is 0 Å². The molecule has 23 heavy (non-hydrogen) atoms. The van der Waals surface area contributed by atoms with Gasteiger partial charge in [0.2, 0.25) is 0 Å². The molecule has 1 fully saturated rings. The monoisotopic (exact) mass is 450 g/mol. The molecule has 0 spiro atoms. The zero-order chi connectivity index (χ0) is 15.8. The second-order valence-corrected chi connectivity index (χ2v) is 6.65. The van der Waals surface area contributed by atoms with Crippen LogP contribution in [0.2, 0.25) is 0 Å². The molecule has 0 saturated heterocycles. The van der Waals surface area contributed by atoms with Crippen molar-refractivity contribution in [3.8, 4) is 0 Å². The molecule has 2 rings (SSSR count). The predicted molar refractivity (Wildman–Crippen MR) is 112 cm³/mol. The smallest absolute Gasteiger partial charge is 0.191 e. The number of nitrogens with one attached hydrogen (secondary N) is 2. The number of aliphatic imine (C=N–C) groups is 1. The molecule has 2 N–H and O–H groups in total. The number of guanidine groups is 1. The predicted octanol–water partition coefficient (Wildman–Crippen LogP) is 3.86. The zero-order valence-corrected chi connectivity index (χ0v) is 17.7. The third kappa shape index (κ3) is 6.23. The van der Waals surface area contributed by atoms with Gasteiger partial charge in [-0.05, 0) is 48.3 Å². The lowest BCUT2D eigenvalue weighted by atomic mass is 10.1. The lowest BCUT2D eigenvalue weighted by molar-refractivity contribution is 0.219. The topological polar surface area (TPSA) is 39.7 Å². The summed E-state index contributed by atoms with van der Waals surface area (Å²) in [5.41, 5.74) is 1.40. The largest absolute Gasteiger partial charge is 0.354 e. The highest BCUT2D eigenvalue weighted by atomic mass is 127. The Hall–Kier alpha value is -0.340. The van der Waals surface area contributed by atoms with Crippen LogP contribution in [0.25, 0.3) is 0 Å². The normalized spacial score (nSPS) is 17.1. The van der Waals surface area contributed by atoms with E-state index in [0.29, 0.717) is 12.1 Å². The Morgan fingerprint density at radius 1 is 1.35 bits per heavy atom. The van der Waals surface area contributed by atoms with Crippen LogP contribution in [0.3, 0.4) is 0 Å². The number of likely N-dealkylation sites (N-methyl/N-ethyl adjacent to an activating group) is 1. The molecule has 0 bridgehead atoms. The first-order valence-corrected chi connectivity index (χ1v) is 9.46. The van der Waals surface area contributed by atoms with Gasteiger partial charge >= 0.3 is 0 Å². The van der Waals surface area contributed by atoms with Crippen LogP contribution in [0.1, 0.15) is 51.1 Å². The van der Waals surface area contributed by atoms with Gasteiger partial charge in [-0.25, -0.2) is 0 Å². The van der Waals surface area contributed by atoms with Crippen molar-refractivity contribution < 1.29 is 0 Å². The summed E-state index contributed by atoms with van der Waals surface area (Å²) in [4.78, 5) is 6.89. The average Bonchev–Trinajstić information content (AvgIpc) is 3.23. The van der Waals surface area contributed by atoms with Crippen LogP contribution in [0.4, 0.5) is 0 Å². The summed E-state index contributed by atoms with van der Waals surface area (Å²) in [7, 11) is 1.86. The maximum absolute atomic E-state index is 4.39. The molecule has 1 aliphatic carbocycles. The Bertz CT molecular complexity index is 439. The quantitative estimate of drug-likeness (QED) is 0.377. The van der Waals surface area contributed by atoms with Crippen molar-refractivity contribution in [3.63, 3.8) is 0 Å². The van der Waals surface area contributed by atoms with E-state index in [1.807, 2.05) is 7.05 Å². The molecular weight excluding hydrogens is 419 g/mol. The first-order valence-electron chi connectivity index (χ1n) is 8.51. The molecule has 1 heterocycles. The van der Waals surface area contributed by atoms with Gasteiger partial charge in [0, 0.05) is 19.6 Å². The molecule has 0 radical (unpaired) electrons. The van der Waals surface area contributed by atoms with Gasteiger partial charge in [0.15, 0.2) is 5.96 Å². The van der Waals surface area contributed by atoms with E-state index in [4.69, 9.17) is 0 Å². The number of hydrogen-bond donors (Lipinski definition) is 2. The van der Waals surface area contributed by atoms with E-state index in [1.165, 1.54) is 31.2 Å². The Balaban J connectivity index is 0.00000264. The highest BCUT2D eigenvalue weighted by Gasteiger charge is 2.20. The third-order valence-electron chi connectivity index (χ3n) is 4.56. The minimum absolute atomic E-state index is 0. The number of thiophene rings is 1. The van der Waals surface area contributed by atoms with E-state index in [2.05, 4.69) is 51.2 Å². The standard InChI is InChI=1S/C17H30N4S.HI/c1-4-21(5-2)16(14-10-11-22-13-14)12-19-17(18-3)20-15-8-6-7-9-15;/h10-11,13,15-16H,4-9,12H2,1-3H3,(H2,18,19,20);1H. The molecule has 6 heteroatoms. The fourth-order valence-electron chi connectivity index (χ4n) is 3.24. The van der Waals surface area contributed by atoms with E-state index in [1.54, 1.807) is 11.3 Å². The van der Waals surface area contributed by atoms with E-state index in [9.17, 15) is 0 Å². The summed E-state index contributed by atoms with van der Waals surface area (Å²) in [5, 5.41) is 11.5. The van der Waals surface area contributed by atoms with Gasteiger partial charge in [-0.3, -0.25) is 9.89 Å². The SMILES string of the molecule is CCN(CC)C(CNC(=NC)NC1CCCC1)c1ccsc1.I. The summed E-state index contributed by atoms with van der Waals surface area (Å²) >= 11 is 1.77. The van der Waals surface area contributed by atoms with Crippen LogP contribution < -0.4 is 10.6 Å². The Kier molecular flexibility index (Phi) is 10.1. The van der Waals surface area contributed by atoms with Gasteiger partial charge < -0.3 is 10.6 Å². The highest BCUT2D eigenvalue weighted by molar-refractivity contribution is 14.0. The fraction of sp³-hybridized carbons (Fsp3) is 0.706. The maximum Gasteiger partial charge on any atom is 0.191 e. The lowest BCUT2D eigenvalue weighted by Gasteiger charge is -2.30. The third-order valence-corrected chi connectivity index (χ3v) is 5.27. The van der Waals surface area contributed by atoms with Gasteiger partial charge in [-0.1, -0.05) is 26.7 Å². The van der Waals surface area contributed by atoms with Crippen LogP contribution in [0.5, 0.6) is 0 Å². The number of hydrogen-bond acceptors (Lipinski definition) is 3. The van der Waals surface area contributed by atoms with E-state index in [0.717, 1.165) is 25.6 Å². The Morgan fingerprint density at radius 2 is 2.04 bits per heavy atom. The number of nitrogens with zero attached hydrogens (tertiary/aromatic N) is 2. The molecule has 1 saturated carbocycles. The average molecular weight is 450 g/mol. The second kappa shape index (κ2) is 11.3. The van der Waals surface area contributed by atoms with Crippen LogP contribution >= 0.6 is 35.3 Å². The number of rotatable bonds is 7. The minimum Gasteiger partial charge on any atom is -0.354 e. The van der Waals surface area contributed by atoms with Crippen molar-refractivity contribution in [2.45, 2.75) is 51.6 Å². The summed E-state index contributed by atoms with van der Waals surface area (Å²) in [6.07, 6.45) is 5.21. The highest BCUT2D eigenvalue weighted by Crippen LogP contribution is 2.22. The molecule has 0 aliphatic heterocycles. The molecule has 0 aromatic carbocycles. The molecule has 1 aromatic heterocycles. The molecule has 1 unspecified atom stereocenters. The van der Waals surface area contributed by atoms with Crippen molar-refractivity contribution in [1.29, 1.82) is 0 Å². The first-order chi connectivity index (χ1) is 10.8. The summed E-state index contributed by atoms with van der Waals surface area (Å²) < 4.78 is 0. The first kappa shape index (κ1) is 20.7. The van der Waals surface area contributed by atoms with Gasteiger partial charge in [-0.2, -0.15) is 11.3 Å². The Morgan fingerprint density at radius 3 is 2.57 bits per heavy atom. The molecule has 1 aromatic rings. The van der Waals surface area contributed by atoms with Crippen LogP contribution in [0, 0.1) is 0 Å². The van der Waals surface area contributed by atoms with E-state index < -0.39 is 0 Å². The van der Waals surface area contributed by atoms with Crippen molar-refractivity contribution in [2.75, 3.05) is 26.7 Å². The van der Waals surface area contributed by atoms with Crippen LogP contribution in [-0.4, -0.2) is 43.6 Å². The second-order valence-electron chi connectivity index (χ2n) is 5.87. The van der Waals surface area contributed by atoms with Gasteiger partial charge in [0.05, 0.1) is 6.04 Å². The molecule has 0 amide bonds. The molecule has 1 aliphatic rings. The minimum atomic E-state index is 0. The molecule has 4 nitrogen and oxygen atoms in total. The van der Waals surface area contributed by atoms with Gasteiger partial charge in [0.25, 0.3) is 0 Å². The van der Waals surface area contributed by atoms with Crippen LogP contribution in [0.15, 0.2) is 21.8 Å². The summed E-state index contributed by atoms with van der Waals surface area (Å²) in [5.74, 6) is 0.944. The molecular formula is C17H31IN4S. The molecule has 132 valence electrons. The molecule has 1 atom stereocenters. The number of halogens is 1. The lowest BCUT2D eigenvalue weighted by Crippen LogP contribution is -2.46. The van der Waals surface area contributed by atoms with Gasteiger partial charge in [0.1, 0.15) is 0 Å².